The highest BCUT2D eigenvalue weighted by Crippen LogP contribution is 2.28. The first kappa shape index (κ1) is 17.7. The third kappa shape index (κ3) is 5.48. The average Bonchev–Trinajstić information content (AvgIpc) is 2.50. The van der Waals surface area contributed by atoms with Gasteiger partial charge in [-0.05, 0) is 18.4 Å². The molecule has 4 heteroatoms. The van der Waals surface area contributed by atoms with Crippen LogP contribution in [-0.2, 0) is 9.53 Å². The summed E-state index contributed by atoms with van der Waals surface area (Å²) < 4.78 is 5.21. The number of rotatable bonds is 10. The first-order valence-corrected chi connectivity index (χ1v) is 7.65. The van der Waals surface area contributed by atoms with E-state index >= 15 is 0 Å². The highest BCUT2D eigenvalue weighted by Gasteiger charge is 2.27. The van der Waals surface area contributed by atoms with Gasteiger partial charge in [-0.15, -0.1) is 0 Å². The molecule has 1 rings (SSSR count). The zero-order valence-corrected chi connectivity index (χ0v) is 13.3. The number of hydrogen-bond donors (Lipinski definition) is 1. The van der Waals surface area contributed by atoms with Gasteiger partial charge in [-0.2, -0.15) is 0 Å². The van der Waals surface area contributed by atoms with E-state index in [0.717, 1.165) is 24.9 Å². The van der Waals surface area contributed by atoms with E-state index in [1.165, 1.54) is 0 Å². The van der Waals surface area contributed by atoms with Crippen LogP contribution in [0.2, 0.25) is 0 Å². The molecule has 1 atom stereocenters. The highest BCUT2D eigenvalue weighted by molar-refractivity contribution is 5.68. The van der Waals surface area contributed by atoms with E-state index < -0.39 is 5.97 Å². The van der Waals surface area contributed by atoms with Crippen molar-refractivity contribution in [1.29, 1.82) is 0 Å². The van der Waals surface area contributed by atoms with E-state index in [1.54, 1.807) is 7.11 Å². The summed E-state index contributed by atoms with van der Waals surface area (Å²) in [6.07, 6.45) is 2.12. The van der Waals surface area contributed by atoms with Crippen LogP contribution in [0.5, 0.6) is 0 Å². The molecular weight excluding hydrogens is 266 g/mol. The lowest BCUT2D eigenvalue weighted by Gasteiger charge is -2.37. The van der Waals surface area contributed by atoms with Crippen molar-refractivity contribution >= 4 is 5.97 Å². The predicted octanol–water partition coefficient (Wildman–Crippen LogP) is 3.34. The maximum Gasteiger partial charge on any atom is 0.305 e. The molecule has 0 saturated heterocycles. The van der Waals surface area contributed by atoms with Crippen LogP contribution in [0.3, 0.4) is 0 Å². The molecule has 1 unspecified atom stereocenters. The molecule has 0 heterocycles. The molecule has 0 radical (unpaired) electrons. The van der Waals surface area contributed by atoms with Crippen molar-refractivity contribution in [2.45, 2.75) is 45.2 Å². The molecule has 1 N–H and O–H groups in total. The SMILES string of the molecule is CCC(CC)N(CCOC)C(CC(=O)O)c1ccccc1. The average molecular weight is 293 g/mol. The molecule has 0 bridgehead atoms. The molecule has 0 aliphatic heterocycles. The summed E-state index contributed by atoms with van der Waals surface area (Å²) >= 11 is 0. The number of carboxylic acids is 1. The number of carboxylic acid groups (broad SMARTS) is 1. The summed E-state index contributed by atoms with van der Waals surface area (Å²) in [5.74, 6) is -0.766. The molecular formula is C17H27NO3. The normalized spacial score (nSPS) is 12.8. The Morgan fingerprint density at radius 1 is 1.24 bits per heavy atom. The molecule has 0 spiro atoms. The fourth-order valence-corrected chi connectivity index (χ4v) is 2.81. The minimum absolute atomic E-state index is 0.108. The summed E-state index contributed by atoms with van der Waals surface area (Å²) in [5, 5.41) is 9.29. The van der Waals surface area contributed by atoms with Gasteiger partial charge >= 0.3 is 5.97 Å². The van der Waals surface area contributed by atoms with E-state index in [1.807, 2.05) is 30.3 Å². The maximum atomic E-state index is 11.3. The third-order valence-electron chi connectivity index (χ3n) is 3.92. The highest BCUT2D eigenvalue weighted by atomic mass is 16.5. The monoisotopic (exact) mass is 293 g/mol. The number of aliphatic carboxylic acids is 1. The van der Waals surface area contributed by atoms with Crippen molar-refractivity contribution in [3.8, 4) is 0 Å². The Kier molecular flexibility index (Phi) is 8.01. The molecule has 0 saturated carbocycles. The van der Waals surface area contributed by atoms with Crippen LogP contribution in [0.1, 0.15) is 44.7 Å². The second kappa shape index (κ2) is 9.53. The van der Waals surface area contributed by atoms with Gasteiger partial charge in [0, 0.05) is 25.7 Å². The number of ether oxygens (including phenoxy) is 1. The quantitative estimate of drug-likeness (QED) is 0.719. The summed E-state index contributed by atoms with van der Waals surface area (Å²) in [6.45, 7) is 5.66. The Hall–Kier alpha value is -1.39. The zero-order valence-electron chi connectivity index (χ0n) is 13.3. The molecule has 1 aromatic carbocycles. The molecule has 4 nitrogen and oxygen atoms in total. The topological polar surface area (TPSA) is 49.8 Å². The van der Waals surface area contributed by atoms with E-state index in [-0.39, 0.29) is 12.5 Å². The summed E-state index contributed by atoms with van der Waals surface area (Å²) in [5.41, 5.74) is 1.06. The Bertz CT molecular complexity index is 404. The van der Waals surface area contributed by atoms with Gasteiger partial charge in [0.2, 0.25) is 0 Å². The number of hydrogen-bond acceptors (Lipinski definition) is 3. The molecule has 118 valence electrons. The van der Waals surface area contributed by atoms with Gasteiger partial charge in [0.05, 0.1) is 13.0 Å². The van der Waals surface area contributed by atoms with Gasteiger partial charge in [-0.3, -0.25) is 9.69 Å². The van der Waals surface area contributed by atoms with E-state index in [0.29, 0.717) is 12.6 Å². The lowest BCUT2D eigenvalue weighted by atomic mass is 9.98. The van der Waals surface area contributed by atoms with Crippen molar-refractivity contribution in [2.75, 3.05) is 20.3 Å². The molecule has 21 heavy (non-hydrogen) atoms. The fraction of sp³-hybridized carbons (Fsp3) is 0.588. The Morgan fingerprint density at radius 3 is 2.33 bits per heavy atom. The number of carbonyl (C=O) groups is 1. The lowest BCUT2D eigenvalue weighted by Crippen LogP contribution is -2.40. The van der Waals surface area contributed by atoms with Gasteiger partial charge in [0.15, 0.2) is 0 Å². The number of methoxy groups -OCH3 is 1. The van der Waals surface area contributed by atoms with Crippen molar-refractivity contribution in [3.05, 3.63) is 35.9 Å². The predicted molar refractivity (Wildman–Crippen MR) is 84.4 cm³/mol. The van der Waals surface area contributed by atoms with E-state index in [2.05, 4.69) is 18.7 Å². The summed E-state index contributed by atoms with van der Waals surface area (Å²) in [7, 11) is 1.68. The first-order valence-electron chi connectivity index (χ1n) is 7.65. The van der Waals surface area contributed by atoms with Crippen LogP contribution in [0.25, 0.3) is 0 Å². The number of benzene rings is 1. The summed E-state index contributed by atoms with van der Waals surface area (Å²) in [6, 6.07) is 10.2. The Morgan fingerprint density at radius 2 is 1.86 bits per heavy atom. The largest absolute Gasteiger partial charge is 0.481 e. The van der Waals surface area contributed by atoms with Gasteiger partial charge in [0.1, 0.15) is 0 Å². The molecule has 0 amide bonds. The molecule has 0 aliphatic carbocycles. The molecule has 0 fully saturated rings. The zero-order chi connectivity index (χ0) is 15.7. The van der Waals surface area contributed by atoms with E-state index in [9.17, 15) is 9.90 Å². The van der Waals surface area contributed by atoms with Crippen molar-refractivity contribution in [1.82, 2.24) is 4.90 Å². The minimum atomic E-state index is -0.766. The number of nitrogens with zero attached hydrogens (tertiary/aromatic N) is 1. The Labute approximate surface area is 127 Å². The van der Waals surface area contributed by atoms with Gasteiger partial charge in [-0.1, -0.05) is 44.2 Å². The van der Waals surface area contributed by atoms with Crippen molar-refractivity contribution in [3.63, 3.8) is 0 Å². The second-order valence-electron chi connectivity index (χ2n) is 5.23. The maximum absolute atomic E-state index is 11.3. The Balaban J connectivity index is 3.06. The van der Waals surface area contributed by atoms with Gasteiger partial charge in [0.25, 0.3) is 0 Å². The van der Waals surface area contributed by atoms with Crippen LogP contribution in [0.4, 0.5) is 0 Å². The molecule has 0 aromatic heterocycles. The van der Waals surface area contributed by atoms with E-state index in [4.69, 9.17) is 4.74 Å². The fourth-order valence-electron chi connectivity index (χ4n) is 2.81. The summed E-state index contributed by atoms with van der Waals surface area (Å²) in [4.78, 5) is 13.6. The van der Waals surface area contributed by atoms with Crippen LogP contribution in [0, 0.1) is 0 Å². The van der Waals surface area contributed by atoms with Gasteiger partial charge in [-0.25, -0.2) is 0 Å². The molecule has 0 aliphatic rings. The van der Waals surface area contributed by atoms with Gasteiger partial charge < -0.3 is 9.84 Å². The van der Waals surface area contributed by atoms with Crippen LogP contribution in [0.15, 0.2) is 30.3 Å². The van der Waals surface area contributed by atoms with Crippen LogP contribution < -0.4 is 0 Å². The molecule has 1 aromatic rings. The lowest BCUT2D eigenvalue weighted by molar-refractivity contribution is -0.139. The van der Waals surface area contributed by atoms with Crippen molar-refractivity contribution in [2.24, 2.45) is 0 Å². The smallest absolute Gasteiger partial charge is 0.305 e. The third-order valence-corrected chi connectivity index (χ3v) is 3.92. The van der Waals surface area contributed by atoms with Crippen LogP contribution in [-0.4, -0.2) is 42.3 Å². The minimum Gasteiger partial charge on any atom is -0.481 e. The first-order chi connectivity index (χ1) is 10.1. The standard InChI is InChI=1S/C17H27NO3/c1-4-15(5-2)18(11-12-21-3)16(13-17(19)20)14-9-7-6-8-10-14/h6-10,15-16H,4-5,11-13H2,1-3H3,(H,19,20). The second-order valence-corrected chi connectivity index (χ2v) is 5.23. The van der Waals surface area contributed by atoms with Crippen LogP contribution >= 0.6 is 0 Å². The van der Waals surface area contributed by atoms with Crippen molar-refractivity contribution < 1.29 is 14.6 Å².